The molecule has 0 atom stereocenters. The molecule has 0 bridgehead atoms. The van der Waals surface area contributed by atoms with Crippen LogP contribution in [0, 0.1) is 51.9 Å². The summed E-state index contributed by atoms with van der Waals surface area (Å²) in [5.41, 5.74) is 12.1. The van der Waals surface area contributed by atoms with Crippen molar-refractivity contribution in [2.24, 2.45) is 5.92 Å². The van der Waals surface area contributed by atoms with Crippen LogP contribution in [0.1, 0.15) is 30.8 Å². The van der Waals surface area contributed by atoms with E-state index in [4.69, 9.17) is 0 Å². The molecule has 4 aromatic carbocycles. The van der Waals surface area contributed by atoms with Gasteiger partial charge in [0.25, 0.3) is 0 Å². The molecule has 4 heterocycles. The molecule has 8 rings (SSSR count). The van der Waals surface area contributed by atoms with Gasteiger partial charge in [-0.1, -0.05) is 79.4 Å². The molecule has 0 spiro atoms. The largest absolute Gasteiger partial charge is 0.380 e. The van der Waals surface area contributed by atoms with Crippen LogP contribution in [0.3, 0.4) is 0 Å². The van der Waals surface area contributed by atoms with Crippen molar-refractivity contribution in [1.82, 2.24) is 14.5 Å². The van der Waals surface area contributed by atoms with Crippen molar-refractivity contribution in [3.8, 4) is 33.8 Å². The number of fused-ring (bicyclic) bond motifs is 3. The average Bonchev–Trinajstić information content (AvgIpc) is 3.47. The van der Waals surface area contributed by atoms with E-state index in [-0.39, 0.29) is 20.1 Å². The normalized spacial score (nSPS) is 10.6. The van der Waals surface area contributed by atoms with Crippen LogP contribution in [-0.4, -0.2) is 14.5 Å². The summed E-state index contributed by atoms with van der Waals surface area (Å²) in [5, 5.41) is 2.58. The van der Waals surface area contributed by atoms with Crippen LogP contribution < -0.4 is 4.57 Å². The second-order valence-electron chi connectivity index (χ2n) is 13.1. The second kappa shape index (κ2) is 17.7. The molecule has 0 saturated heterocycles. The Kier molecular flexibility index (Phi) is 12.9. The molecular weight excluding hydrogens is 813 g/mol. The molecule has 0 aliphatic heterocycles. The first-order valence-electron chi connectivity index (χ1n) is 17.3. The van der Waals surface area contributed by atoms with Crippen LogP contribution in [0.25, 0.3) is 55.6 Å². The van der Waals surface area contributed by atoms with Crippen LogP contribution in [-0.2, 0) is 26.7 Å². The molecule has 4 aromatic heterocycles. The monoisotopic (exact) mass is 856 g/mol. The van der Waals surface area contributed by atoms with E-state index in [0.29, 0.717) is 5.92 Å². The van der Waals surface area contributed by atoms with Crippen LogP contribution >= 0.6 is 0 Å². The Balaban J connectivity index is 0.000000160. The van der Waals surface area contributed by atoms with Crippen molar-refractivity contribution in [2.75, 3.05) is 0 Å². The van der Waals surface area contributed by atoms with Gasteiger partial charge in [0.05, 0.1) is 5.69 Å². The molecule has 52 heavy (non-hydrogen) atoms. The van der Waals surface area contributed by atoms with Crippen molar-refractivity contribution in [3.63, 3.8) is 0 Å². The summed E-state index contributed by atoms with van der Waals surface area (Å²) < 4.78 is 4.36. The number of aryl methyl sites for hydroxylation is 3. The van der Waals surface area contributed by atoms with Gasteiger partial charge in [-0.3, -0.25) is 0 Å². The van der Waals surface area contributed by atoms with Crippen LogP contribution in [0.4, 0.5) is 0 Å². The molecule has 0 saturated carbocycles. The smallest absolute Gasteiger partial charge is 0.115 e. The van der Waals surface area contributed by atoms with Crippen LogP contribution in [0.15, 0.2) is 140 Å². The number of nitrogens with zero attached hydrogens (tertiary/aromatic N) is 4. The Hall–Kier alpha value is -5.35. The maximum atomic E-state index is 4.64. The molecule has 5 heteroatoms. The molecule has 8 aromatic rings. The minimum atomic E-state index is 0. The zero-order valence-corrected chi connectivity index (χ0v) is 32.8. The predicted molar refractivity (Wildman–Crippen MR) is 211 cm³/mol. The van der Waals surface area contributed by atoms with Crippen molar-refractivity contribution in [1.29, 1.82) is 0 Å². The predicted octanol–water partition coefficient (Wildman–Crippen LogP) is 10.9. The summed E-state index contributed by atoms with van der Waals surface area (Å²) >= 11 is 0. The summed E-state index contributed by atoms with van der Waals surface area (Å²) in [7, 11) is 3.99. The maximum Gasteiger partial charge on any atom is 0.115 e. The van der Waals surface area contributed by atoms with E-state index in [9.17, 15) is 0 Å². The first-order chi connectivity index (χ1) is 24.8. The van der Waals surface area contributed by atoms with E-state index >= 15 is 0 Å². The third-order valence-corrected chi connectivity index (χ3v) is 8.61. The average molecular weight is 856 g/mol. The van der Waals surface area contributed by atoms with Gasteiger partial charge in [0.1, 0.15) is 5.69 Å². The van der Waals surface area contributed by atoms with E-state index in [2.05, 4.69) is 103 Å². The fourth-order valence-corrected chi connectivity index (χ4v) is 6.09. The van der Waals surface area contributed by atoms with Crippen LogP contribution in [0.5, 0.6) is 0 Å². The van der Waals surface area contributed by atoms with E-state index in [1.807, 2.05) is 116 Å². The molecule has 263 valence electrons. The first-order valence-corrected chi connectivity index (χ1v) is 17.3. The van der Waals surface area contributed by atoms with Crippen molar-refractivity contribution >= 4 is 21.8 Å². The molecule has 4 nitrogen and oxygen atoms in total. The minimum Gasteiger partial charge on any atom is -0.380 e. The summed E-state index contributed by atoms with van der Waals surface area (Å²) in [4.78, 5) is 9.06. The third kappa shape index (κ3) is 8.92. The van der Waals surface area contributed by atoms with E-state index < -0.39 is 0 Å². The van der Waals surface area contributed by atoms with Gasteiger partial charge in [-0.05, 0) is 72.7 Å². The molecule has 0 amide bonds. The van der Waals surface area contributed by atoms with Crippen molar-refractivity contribution < 1.29 is 24.7 Å². The van der Waals surface area contributed by atoms with E-state index in [1.165, 1.54) is 27.4 Å². The second-order valence-corrected chi connectivity index (χ2v) is 13.1. The van der Waals surface area contributed by atoms with E-state index in [1.54, 1.807) is 0 Å². The topological polar surface area (TPSA) is 34.6 Å². The van der Waals surface area contributed by atoms with Crippen LogP contribution in [0.2, 0.25) is 0 Å². The van der Waals surface area contributed by atoms with Gasteiger partial charge < -0.3 is 19.1 Å². The molecule has 0 fully saturated rings. The van der Waals surface area contributed by atoms with Crippen molar-refractivity contribution in [3.05, 3.63) is 182 Å². The van der Waals surface area contributed by atoms with Gasteiger partial charge in [-0.2, -0.15) is 0 Å². The number of aromatic nitrogens is 4. The third-order valence-electron chi connectivity index (χ3n) is 8.61. The first kappa shape index (κ1) is 37.9. The van der Waals surface area contributed by atoms with Crippen molar-refractivity contribution in [2.45, 2.75) is 41.2 Å². The molecular formula is C47H43IrN4-3. The molecule has 0 N–H and O–H groups in total. The van der Waals surface area contributed by atoms with Gasteiger partial charge in [0.2, 0.25) is 0 Å². The fourth-order valence-electron chi connectivity index (χ4n) is 6.09. The van der Waals surface area contributed by atoms with Gasteiger partial charge in [0, 0.05) is 51.1 Å². The zero-order valence-electron chi connectivity index (χ0n) is 30.4. The number of rotatable bonds is 5. The Morgan fingerprint density at radius 1 is 0.673 bits per heavy atom. The Morgan fingerprint density at radius 2 is 1.38 bits per heavy atom. The number of hydrogen-bond acceptors (Lipinski definition) is 2. The van der Waals surface area contributed by atoms with Gasteiger partial charge in [-0.15, -0.1) is 90.0 Å². The minimum absolute atomic E-state index is 0. The quantitative estimate of drug-likeness (QED) is 0.128. The van der Waals surface area contributed by atoms with Gasteiger partial charge >= 0.3 is 0 Å². The zero-order chi connectivity index (χ0) is 35.7. The Bertz CT molecular complexity index is 2340. The number of hydrogen-bond donors (Lipinski definition) is 0. The standard InChI is InChI=1S/C22H21N2.C13H12N.C12H10N.Ir/c1-15(2)14-24-21-10-5-4-7-17(21)18-8-6-9-19(22(18)24)20-12-11-16(3)13-23-20;1-11-7-6-10-13(14(11)2)12-8-4-3-5-9-12;1-10-6-5-9-12(13-10)11-7-3-2-4-8-11;/h4-8,10-13,15H,14H2,1-3H3;3-8,10H,2H2,1H3;2-7,9H,1H3;/q3*-1;. The number of benzene rings is 4. The van der Waals surface area contributed by atoms with Gasteiger partial charge in [0.15, 0.2) is 0 Å². The molecule has 0 unspecified atom stereocenters. The summed E-state index contributed by atoms with van der Waals surface area (Å²) in [5.74, 6) is 0.572. The number of pyridine rings is 3. The summed E-state index contributed by atoms with van der Waals surface area (Å²) in [6.07, 6.45) is 1.93. The summed E-state index contributed by atoms with van der Waals surface area (Å²) in [6, 6.07) is 54.8. The molecule has 0 aliphatic rings. The molecule has 0 aliphatic carbocycles. The Labute approximate surface area is 322 Å². The van der Waals surface area contributed by atoms with Gasteiger partial charge in [-0.25, -0.2) is 0 Å². The van der Waals surface area contributed by atoms with E-state index in [0.717, 1.165) is 51.7 Å². The Morgan fingerprint density at radius 3 is 2.06 bits per heavy atom. The SMILES string of the molecule is Cc1ccc(-c2[c-]ccc3c4ccccc4n(CC(C)C)c23)nc1.Cc1cccc(-c2[c-]cccc2)n1.[CH2-][n+]1c(C)cccc1-c1[c-]cccc1.[Ir]. The number of para-hydroxylation sites is 1. The summed E-state index contributed by atoms with van der Waals surface area (Å²) in [6.45, 7) is 11.6. The molecule has 1 radical (unpaired) electrons. The fraction of sp³-hybridized carbons (Fsp3) is 0.149. The maximum absolute atomic E-state index is 4.64.